The zero-order chi connectivity index (χ0) is 14.7. The van der Waals surface area contributed by atoms with E-state index in [0.29, 0.717) is 17.3 Å². The Bertz CT molecular complexity index is 782. The smallest absolute Gasteiger partial charge is 0.250 e. The van der Waals surface area contributed by atoms with E-state index in [2.05, 4.69) is 15.1 Å². The van der Waals surface area contributed by atoms with E-state index in [0.717, 1.165) is 5.56 Å². The third-order valence-corrected chi connectivity index (χ3v) is 2.78. The van der Waals surface area contributed by atoms with Gasteiger partial charge in [-0.3, -0.25) is 4.98 Å². The van der Waals surface area contributed by atoms with Gasteiger partial charge in [0.05, 0.1) is 0 Å². The first-order valence-electron chi connectivity index (χ1n) is 6.16. The van der Waals surface area contributed by atoms with E-state index in [1.807, 2.05) is 6.07 Å². The van der Waals surface area contributed by atoms with Gasteiger partial charge in [0.15, 0.2) is 11.5 Å². The van der Waals surface area contributed by atoms with Crippen LogP contribution in [0.2, 0.25) is 0 Å². The van der Waals surface area contributed by atoms with Gasteiger partial charge < -0.3 is 14.7 Å². The second-order valence-corrected chi connectivity index (χ2v) is 4.28. The number of phenols is 2. The molecule has 2 heterocycles. The largest absolute Gasteiger partial charge is 0.504 e. The Hall–Kier alpha value is -3.15. The number of nitrogens with zero attached hydrogens (tertiary/aromatic N) is 3. The van der Waals surface area contributed by atoms with Crippen molar-refractivity contribution >= 4 is 12.2 Å². The molecule has 0 saturated heterocycles. The molecule has 2 N–H and O–H groups in total. The monoisotopic (exact) mass is 281 g/mol. The molecule has 0 atom stereocenters. The molecule has 0 radical (unpaired) electrons. The van der Waals surface area contributed by atoms with E-state index in [9.17, 15) is 10.2 Å². The topological polar surface area (TPSA) is 92.3 Å². The molecule has 1 aromatic carbocycles. The van der Waals surface area contributed by atoms with E-state index < -0.39 is 0 Å². The van der Waals surface area contributed by atoms with Crippen molar-refractivity contribution in [1.82, 2.24) is 15.1 Å². The molecule has 0 unspecified atom stereocenters. The van der Waals surface area contributed by atoms with Crippen molar-refractivity contribution in [2.24, 2.45) is 0 Å². The molecular formula is C15H11N3O3. The normalized spacial score (nSPS) is 11.0. The van der Waals surface area contributed by atoms with Gasteiger partial charge in [0, 0.05) is 24.0 Å². The van der Waals surface area contributed by atoms with E-state index >= 15 is 0 Å². The van der Waals surface area contributed by atoms with Crippen molar-refractivity contribution in [3.05, 3.63) is 54.2 Å². The Morgan fingerprint density at radius 2 is 1.95 bits per heavy atom. The molecule has 0 aliphatic carbocycles. The van der Waals surface area contributed by atoms with Crippen LogP contribution in [-0.2, 0) is 0 Å². The third-order valence-electron chi connectivity index (χ3n) is 2.78. The first-order valence-corrected chi connectivity index (χ1v) is 6.16. The summed E-state index contributed by atoms with van der Waals surface area (Å²) in [5, 5.41) is 22.5. The van der Waals surface area contributed by atoms with Crippen LogP contribution in [0.1, 0.15) is 11.5 Å². The SMILES string of the molecule is Oc1ccc(C=Cc2nc(-c3cccnc3)no2)cc1O. The van der Waals surface area contributed by atoms with Gasteiger partial charge in [-0.1, -0.05) is 11.2 Å². The average molecular weight is 281 g/mol. The minimum absolute atomic E-state index is 0.163. The Balaban J connectivity index is 1.81. The Labute approximate surface area is 120 Å². The maximum Gasteiger partial charge on any atom is 0.250 e. The lowest BCUT2D eigenvalue weighted by Gasteiger charge is -1.97. The van der Waals surface area contributed by atoms with Gasteiger partial charge in [-0.25, -0.2) is 0 Å². The number of pyridine rings is 1. The molecule has 6 heteroatoms. The molecule has 0 aliphatic heterocycles. The molecule has 6 nitrogen and oxygen atoms in total. The molecule has 3 rings (SSSR count). The van der Waals surface area contributed by atoms with Crippen LogP contribution in [-0.4, -0.2) is 25.3 Å². The fourth-order valence-electron chi connectivity index (χ4n) is 1.73. The minimum atomic E-state index is -0.182. The van der Waals surface area contributed by atoms with Gasteiger partial charge in [-0.2, -0.15) is 4.98 Å². The number of phenolic OH excluding ortho intramolecular Hbond substituents is 2. The summed E-state index contributed by atoms with van der Waals surface area (Å²) in [6, 6.07) is 8.13. The predicted octanol–water partition coefficient (Wildman–Crippen LogP) is 2.71. The highest BCUT2D eigenvalue weighted by Gasteiger charge is 2.06. The molecule has 0 fully saturated rings. The van der Waals surface area contributed by atoms with Crippen molar-refractivity contribution in [1.29, 1.82) is 0 Å². The van der Waals surface area contributed by atoms with Crippen molar-refractivity contribution in [3.63, 3.8) is 0 Å². The number of benzene rings is 1. The van der Waals surface area contributed by atoms with E-state index in [1.165, 1.54) is 12.1 Å². The maximum absolute atomic E-state index is 9.41. The minimum Gasteiger partial charge on any atom is -0.504 e. The summed E-state index contributed by atoms with van der Waals surface area (Å²) in [6.07, 6.45) is 6.64. The lowest BCUT2D eigenvalue weighted by molar-refractivity contribution is 0.403. The van der Waals surface area contributed by atoms with Gasteiger partial charge in [0.1, 0.15) is 0 Å². The second kappa shape index (κ2) is 5.46. The molecule has 21 heavy (non-hydrogen) atoms. The van der Waals surface area contributed by atoms with Crippen LogP contribution in [0, 0.1) is 0 Å². The second-order valence-electron chi connectivity index (χ2n) is 4.28. The number of rotatable bonds is 3. The van der Waals surface area contributed by atoms with Gasteiger partial charge in [-0.15, -0.1) is 0 Å². The molecule has 0 amide bonds. The Kier molecular flexibility index (Phi) is 3.34. The van der Waals surface area contributed by atoms with Crippen LogP contribution in [0.4, 0.5) is 0 Å². The zero-order valence-electron chi connectivity index (χ0n) is 10.8. The maximum atomic E-state index is 9.41. The average Bonchev–Trinajstić information content (AvgIpc) is 2.98. The molecule has 104 valence electrons. The van der Waals surface area contributed by atoms with Crippen LogP contribution in [0.3, 0.4) is 0 Å². The molecule has 0 bridgehead atoms. The summed E-state index contributed by atoms with van der Waals surface area (Å²) in [7, 11) is 0. The summed E-state index contributed by atoms with van der Waals surface area (Å²) in [4.78, 5) is 8.21. The van der Waals surface area contributed by atoms with E-state index in [-0.39, 0.29) is 11.5 Å². The van der Waals surface area contributed by atoms with Gasteiger partial charge in [0.2, 0.25) is 5.82 Å². The van der Waals surface area contributed by atoms with Crippen LogP contribution in [0.25, 0.3) is 23.5 Å². The van der Waals surface area contributed by atoms with Crippen molar-refractivity contribution in [2.45, 2.75) is 0 Å². The first kappa shape index (κ1) is 12.9. The van der Waals surface area contributed by atoms with Crippen LogP contribution >= 0.6 is 0 Å². The molecule has 0 saturated carbocycles. The van der Waals surface area contributed by atoms with Gasteiger partial charge in [-0.05, 0) is 35.9 Å². The van der Waals surface area contributed by atoms with Crippen LogP contribution < -0.4 is 0 Å². The molecule has 0 aliphatic rings. The lowest BCUT2D eigenvalue weighted by Crippen LogP contribution is -1.81. The summed E-state index contributed by atoms with van der Waals surface area (Å²) < 4.78 is 5.11. The fourth-order valence-corrected chi connectivity index (χ4v) is 1.73. The quantitative estimate of drug-likeness (QED) is 0.717. The number of hydrogen-bond donors (Lipinski definition) is 2. The predicted molar refractivity (Wildman–Crippen MR) is 76.2 cm³/mol. The van der Waals surface area contributed by atoms with Gasteiger partial charge >= 0.3 is 0 Å². The highest BCUT2D eigenvalue weighted by atomic mass is 16.5. The third kappa shape index (κ3) is 2.89. The molecule has 3 aromatic rings. The van der Waals surface area contributed by atoms with E-state index in [4.69, 9.17) is 4.52 Å². The highest BCUT2D eigenvalue weighted by Crippen LogP contribution is 2.25. The summed E-state index contributed by atoms with van der Waals surface area (Å²) in [5.41, 5.74) is 1.47. The highest BCUT2D eigenvalue weighted by molar-refractivity contribution is 5.68. The van der Waals surface area contributed by atoms with Crippen LogP contribution in [0.15, 0.2) is 47.2 Å². The van der Waals surface area contributed by atoms with Crippen molar-refractivity contribution < 1.29 is 14.7 Å². The first-order chi connectivity index (χ1) is 10.2. The lowest BCUT2D eigenvalue weighted by atomic mass is 10.2. The Morgan fingerprint density at radius 1 is 1.05 bits per heavy atom. The van der Waals surface area contributed by atoms with Crippen LogP contribution in [0.5, 0.6) is 11.5 Å². The standard InChI is InChI=1S/C15H11N3O3/c19-12-5-3-10(8-13(12)20)4-6-14-17-15(18-21-14)11-2-1-7-16-9-11/h1-9,19-20H. The summed E-state index contributed by atoms with van der Waals surface area (Å²) in [5.74, 6) is 0.445. The number of hydrogen-bond acceptors (Lipinski definition) is 6. The van der Waals surface area contributed by atoms with Crippen molar-refractivity contribution in [2.75, 3.05) is 0 Å². The number of aromatic nitrogens is 3. The number of aromatic hydroxyl groups is 2. The van der Waals surface area contributed by atoms with Crippen molar-refractivity contribution in [3.8, 4) is 22.9 Å². The van der Waals surface area contributed by atoms with Gasteiger partial charge in [0.25, 0.3) is 5.89 Å². The van der Waals surface area contributed by atoms with E-state index in [1.54, 1.807) is 36.7 Å². The molecular weight excluding hydrogens is 270 g/mol. The molecule has 2 aromatic heterocycles. The summed E-state index contributed by atoms with van der Waals surface area (Å²) in [6.45, 7) is 0. The molecule has 0 spiro atoms. The Morgan fingerprint density at radius 3 is 2.71 bits per heavy atom. The zero-order valence-corrected chi connectivity index (χ0v) is 10.8. The fraction of sp³-hybridized carbons (Fsp3) is 0. The summed E-state index contributed by atoms with van der Waals surface area (Å²) >= 11 is 0.